The predicted molar refractivity (Wildman–Crippen MR) is 119 cm³/mol. The minimum Gasteiger partial charge on any atom is -0.383 e. The molecule has 3 N–H and O–H groups in total. The van der Waals surface area contributed by atoms with E-state index < -0.39 is 28.4 Å². The van der Waals surface area contributed by atoms with Gasteiger partial charge in [-0.15, -0.1) is 0 Å². The van der Waals surface area contributed by atoms with E-state index in [1.807, 2.05) is 6.92 Å². The van der Waals surface area contributed by atoms with Gasteiger partial charge in [0.05, 0.1) is 10.5 Å². The van der Waals surface area contributed by atoms with Crippen molar-refractivity contribution < 1.29 is 26.1 Å². The minimum absolute atomic E-state index is 0.00801. The number of pyridine rings is 1. The van der Waals surface area contributed by atoms with Crippen molar-refractivity contribution in [2.75, 3.05) is 5.73 Å². The van der Waals surface area contributed by atoms with Gasteiger partial charge in [0, 0.05) is 17.8 Å². The molecule has 2 heterocycles. The van der Waals surface area contributed by atoms with Crippen LogP contribution in [0.25, 0.3) is 22.6 Å². The van der Waals surface area contributed by atoms with E-state index >= 15 is 0 Å². The van der Waals surface area contributed by atoms with Crippen LogP contribution in [0.1, 0.15) is 43.5 Å². The summed E-state index contributed by atoms with van der Waals surface area (Å²) < 4.78 is 71.6. The van der Waals surface area contributed by atoms with Gasteiger partial charge in [-0.25, -0.2) is 18.1 Å². The van der Waals surface area contributed by atoms with E-state index in [-0.39, 0.29) is 28.2 Å². The average Bonchev–Trinajstić information content (AvgIpc) is 3.21. The Hall–Kier alpha value is -2.99. The van der Waals surface area contributed by atoms with Gasteiger partial charge in [0.25, 0.3) is 5.89 Å². The fourth-order valence-electron chi connectivity index (χ4n) is 4.00. The lowest BCUT2D eigenvalue weighted by Gasteiger charge is -2.22. The number of nitrogens with two attached hydrogens (primary N) is 1. The molecule has 0 atom stereocenters. The number of nitrogens with zero attached hydrogens (tertiary/aromatic N) is 3. The van der Waals surface area contributed by atoms with Gasteiger partial charge < -0.3 is 10.3 Å². The lowest BCUT2D eigenvalue weighted by Crippen LogP contribution is -2.36. The second-order valence-corrected chi connectivity index (χ2v) is 10.1. The lowest BCUT2D eigenvalue weighted by atomic mass is 9.96. The molecule has 1 saturated carbocycles. The molecule has 182 valence electrons. The van der Waals surface area contributed by atoms with Gasteiger partial charge in [-0.05, 0) is 49.1 Å². The fraction of sp³-hybridized carbons (Fsp3) is 0.409. The normalized spacial score (nSPS) is 15.5. The molecule has 2 aromatic heterocycles. The first-order valence-electron chi connectivity index (χ1n) is 10.8. The molecule has 3 aromatic rings. The molecule has 0 amide bonds. The van der Waals surface area contributed by atoms with Gasteiger partial charge in [-0.3, -0.25) is 0 Å². The van der Waals surface area contributed by atoms with Crippen molar-refractivity contribution in [3.63, 3.8) is 0 Å². The number of benzene rings is 1. The Morgan fingerprint density at radius 3 is 2.59 bits per heavy atom. The third-order valence-corrected chi connectivity index (χ3v) is 7.25. The second-order valence-electron chi connectivity index (χ2n) is 8.40. The maximum absolute atomic E-state index is 13.0. The number of alkyl halides is 3. The second kappa shape index (κ2) is 9.34. The highest BCUT2D eigenvalue weighted by molar-refractivity contribution is 7.89. The molecule has 0 aliphatic heterocycles. The minimum atomic E-state index is -4.48. The molecular formula is C22H24F3N5O3S. The maximum Gasteiger partial charge on any atom is 0.396 e. The zero-order valence-electron chi connectivity index (χ0n) is 18.4. The first-order valence-corrected chi connectivity index (χ1v) is 12.3. The number of anilines is 1. The summed E-state index contributed by atoms with van der Waals surface area (Å²) in [6.45, 7) is 1.81. The van der Waals surface area contributed by atoms with Crippen molar-refractivity contribution >= 4 is 15.8 Å². The number of aryl methyl sites for hydroxylation is 1. The van der Waals surface area contributed by atoms with Crippen LogP contribution in [-0.4, -0.2) is 35.8 Å². The van der Waals surface area contributed by atoms with Gasteiger partial charge in [-0.1, -0.05) is 30.5 Å². The third-order valence-electron chi connectivity index (χ3n) is 5.73. The SMILES string of the molecule is Cc1ccc(S(=O)(=O)NC2CCCCC2)cc1-c1cnc(N)c(-c2nc(CC(F)(F)F)no2)c1. The Bertz CT molecular complexity index is 1290. The van der Waals surface area contributed by atoms with Gasteiger partial charge in [0.15, 0.2) is 5.82 Å². The Morgan fingerprint density at radius 1 is 1.15 bits per heavy atom. The molecule has 0 radical (unpaired) electrons. The van der Waals surface area contributed by atoms with Crippen LogP contribution in [0.3, 0.4) is 0 Å². The monoisotopic (exact) mass is 495 g/mol. The van der Waals surface area contributed by atoms with Crippen LogP contribution >= 0.6 is 0 Å². The van der Waals surface area contributed by atoms with Gasteiger partial charge in [0.1, 0.15) is 12.2 Å². The van der Waals surface area contributed by atoms with Gasteiger partial charge in [-0.2, -0.15) is 18.2 Å². The molecule has 1 aromatic carbocycles. The highest BCUT2D eigenvalue weighted by atomic mass is 32.2. The molecule has 1 aliphatic rings. The summed E-state index contributed by atoms with van der Waals surface area (Å²) in [5, 5.41) is 3.36. The molecule has 4 rings (SSSR count). The lowest BCUT2D eigenvalue weighted by molar-refractivity contribution is -0.128. The van der Waals surface area contributed by atoms with Crippen LogP contribution in [-0.2, 0) is 16.4 Å². The van der Waals surface area contributed by atoms with Crippen molar-refractivity contribution in [3.05, 3.63) is 41.9 Å². The molecule has 1 fully saturated rings. The topological polar surface area (TPSA) is 124 Å². The van der Waals surface area contributed by atoms with Crippen LogP contribution in [0.5, 0.6) is 0 Å². The number of aromatic nitrogens is 3. The molecule has 0 spiro atoms. The van der Waals surface area contributed by atoms with E-state index in [1.165, 1.54) is 12.3 Å². The highest BCUT2D eigenvalue weighted by Crippen LogP contribution is 2.32. The number of rotatable bonds is 6. The summed E-state index contributed by atoms with van der Waals surface area (Å²) in [5.41, 5.74) is 7.93. The van der Waals surface area contributed by atoms with Crippen LogP contribution in [0, 0.1) is 6.92 Å². The van der Waals surface area contributed by atoms with E-state index in [9.17, 15) is 21.6 Å². The summed E-state index contributed by atoms with van der Waals surface area (Å²) in [4.78, 5) is 8.00. The van der Waals surface area contributed by atoms with Gasteiger partial charge >= 0.3 is 6.18 Å². The third kappa shape index (κ3) is 5.55. The van der Waals surface area contributed by atoms with E-state index in [2.05, 4.69) is 19.8 Å². The zero-order valence-corrected chi connectivity index (χ0v) is 19.2. The number of nitrogen functional groups attached to an aromatic ring is 1. The van der Waals surface area contributed by atoms with Crippen LogP contribution in [0.2, 0.25) is 0 Å². The smallest absolute Gasteiger partial charge is 0.383 e. The Kier molecular flexibility index (Phi) is 6.63. The maximum atomic E-state index is 13.0. The van der Waals surface area contributed by atoms with E-state index in [0.717, 1.165) is 37.7 Å². The Labute approximate surface area is 194 Å². The van der Waals surface area contributed by atoms with Crippen molar-refractivity contribution in [2.24, 2.45) is 0 Å². The summed E-state index contributed by atoms with van der Waals surface area (Å²) in [6.07, 6.45) is 0.348. The quantitative estimate of drug-likeness (QED) is 0.519. The Balaban J connectivity index is 1.66. The molecule has 0 saturated heterocycles. The molecule has 1 aliphatic carbocycles. The largest absolute Gasteiger partial charge is 0.396 e. The number of nitrogens with one attached hydrogen (secondary N) is 1. The number of halogens is 3. The van der Waals surface area contributed by atoms with Gasteiger partial charge in [0.2, 0.25) is 10.0 Å². The van der Waals surface area contributed by atoms with Crippen LogP contribution in [0.15, 0.2) is 39.9 Å². The van der Waals surface area contributed by atoms with Crippen molar-refractivity contribution in [1.82, 2.24) is 19.8 Å². The molecule has 8 nitrogen and oxygen atoms in total. The summed E-state index contributed by atoms with van der Waals surface area (Å²) >= 11 is 0. The van der Waals surface area contributed by atoms with E-state index in [1.54, 1.807) is 18.2 Å². The molecule has 12 heteroatoms. The molecule has 0 unspecified atom stereocenters. The summed E-state index contributed by atoms with van der Waals surface area (Å²) in [5.74, 6) is -0.733. The number of sulfonamides is 1. The Morgan fingerprint density at radius 2 is 1.88 bits per heavy atom. The molecular weight excluding hydrogens is 471 g/mol. The summed E-state index contributed by atoms with van der Waals surface area (Å²) in [6, 6.07) is 6.23. The van der Waals surface area contributed by atoms with E-state index in [4.69, 9.17) is 10.3 Å². The highest BCUT2D eigenvalue weighted by Gasteiger charge is 2.31. The number of hydrogen-bond donors (Lipinski definition) is 2. The summed E-state index contributed by atoms with van der Waals surface area (Å²) in [7, 11) is -3.73. The average molecular weight is 496 g/mol. The fourth-order valence-corrected chi connectivity index (χ4v) is 5.33. The van der Waals surface area contributed by atoms with Crippen LogP contribution in [0.4, 0.5) is 19.0 Å². The molecule has 34 heavy (non-hydrogen) atoms. The predicted octanol–water partition coefficient (Wildman–Crippen LogP) is 4.41. The first-order chi connectivity index (χ1) is 16.0. The molecule has 0 bridgehead atoms. The van der Waals surface area contributed by atoms with Crippen molar-refractivity contribution in [1.29, 1.82) is 0 Å². The number of hydrogen-bond acceptors (Lipinski definition) is 7. The van der Waals surface area contributed by atoms with Crippen molar-refractivity contribution in [2.45, 2.75) is 62.6 Å². The first kappa shape index (κ1) is 24.1. The van der Waals surface area contributed by atoms with Crippen molar-refractivity contribution in [3.8, 4) is 22.6 Å². The van der Waals surface area contributed by atoms with E-state index in [0.29, 0.717) is 11.1 Å². The zero-order chi connectivity index (χ0) is 24.5. The van der Waals surface area contributed by atoms with Crippen LogP contribution < -0.4 is 10.5 Å². The standard InChI is InChI=1S/C22H24F3N5O3S/c1-13-7-8-16(34(31,32)30-15-5-3-2-4-6-15)10-17(13)14-9-18(20(26)27-12-14)21-28-19(29-33-21)11-22(23,24)25/h7-10,12,15,30H,2-6,11H2,1H3,(H2,26,27).